The quantitative estimate of drug-likeness (QED) is 0.825. The third kappa shape index (κ3) is 2.25. The molecule has 1 aliphatic heterocycles. The molecule has 0 aromatic carbocycles. The third-order valence-corrected chi connectivity index (χ3v) is 4.09. The average Bonchev–Trinajstić information content (AvgIpc) is 3.02. The van der Waals surface area contributed by atoms with Crippen LogP contribution >= 0.6 is 0 Å². The molecule has 1 heterocycles. The highest BCUT2D eigenvalue weighted by atomic mass is 16.2. The maximum atomic E-state index is 12.3. The lowest BCUT2D eigenvalue weighted by Crippen LogP contribution is -2.64. The van der Waals surface area contributed by atoms with Crippen LogP contribution < -0.4 is 5.32 Å². The Balaban J connectivity index is 2.16. The second kappa shape index (κ2) is 4.90. The summed E-state index contributed by atoms with van der Waals surface area (Å²) < 4.78 is 0. The molecule has 1 aliphatic carbocycles. The van der Waals surface area contributed by atoms with E-state index in [2.05, 4.69) is 12.2 Å². The molecule has 2 aliphatic rings. The largest absolute Gasteiger partial charge is 0.343 e. The Hall–Kier alpha value is -1.06. The zero-order valence-corrected chi connectivity index (χ0v) is 11.8. The molecule has 4 unspecified atom stereocenters. The highest BCUT2D eigenvalue weighted by Crippen LogP contribution is 2.42. The Morgan fingerprint density at radius 2 is 2.06 bits per heavy atom. The smallest absolute Gasteiger partial charge is 0.245 e. The Morgan fingerprint density at radius 1 is 1.39 bits per heavy atom. The lowest BCUT2D eigenvalue weighted by atomic mass is 9.97. The fraction of sp³-hybridized carbons (Fsp3) is 0.857. The van der Waals surface area contributed by atoms with Crippen LogP contribution in [0.4, 0.5) is 0 Å². The zero-order chi connectivity index (χ0) is 13.4. The van der Waals surface area contributed by atoms with Crippen molar-refractivity contribution in [2.24, 2.45) is 11.8 Å². The van der Waals surface area contributed by atoms with Gasteiger partial charge in [-0.15, -0.1) is 0 Å². The number of carbonyl (C=O) groups excluding carboxylic acids is 2. The lowest BCUT2D eigenvalue weighted by molar-refractivity contribution is -0.151. The fourth-order valence-electron chi connectivity index (χ4n) is 3.09. The van der Waals surface area contributed by atoms with E-state index in [1.54, 1.807) is 6.92 Å². The molecule has 0 aromatic heterocycles. The molecule has 102 valence electrons. The number of hydrogen-bond acceptors (Lipinski definition) is 2. The van der Waals surface area contributed by atoms with Gasteiger partial charge in [0.25, 0.3) is 0 Å². The van der Waals surface area contributed by atoms with Crippen LogP contribution in [0.25, 0.3) is 0 Å². The molecular weight excluding hydrogens is 228 g/mol. The van der Waals surface area contributed by atoms with Crippen molar-refractivity contribution >= 4 is 11.8 Å². The second-order valence-corrected chi connectivity index (χ2v) is 6.02. The van der Waals surface area contributed by atoms with E-state index in [0.717, 1.165) is 19.3 Å². The van der Waals surface area contributed by atoms with Gasteiger partial charge >= 0.3 is 0 Å². The van der Waals surface area contributed by atoms with Crippen LogP contribution in [0.1, 0.15) is 47.0 Å². The Bertz CT molecular complexity index is 354. The van der Waals surface area contributed by atoms with Gasteiger partial charge < -0.3 is 10.2 Å². The predicted octanol–water partition coefficient (Wildman–Crippen LogP) is 1.55. The van der Waals surface area contributed by atoms with Crippen molar-refractivity contribution < 1.29 is 9.59 Å². The van der Waals surface area contributed by atoms with E-state index < -0.39 is 0 Å². The van der Waals surface area contributed by atoms with Crippen molar-refractivity contribution in [1.82, 2.24) is 10.2 Å². The van der Waals surface area contributed by atoms with Crippen molar-refractivity contribution in [1.29, 1.82) is 0 Å². The summed E-state index contributed by atoms with van der Waals surface area (Å²) in [4.78, 5) is 26.3. The van der Waals surface area contributed by atoms with E-state index in [1.807, 2.05) is 18.7 Å². The van der Waals surface area contributed by atoms with Crippen LogP contribution in [0, 0.1) is 11.8 Å². The topological polar surface area (TPSA) is 49.4 Å². The van der Waals surface area contributed by atoms with Crippen LogP contribution in [0.15, 0.2) is 0 Å². The summed E-state index contributed by atoms with van der Waals surface area (Å²) in [6, 6.07) is -0.339. The molecule has 0 aromatic rings. The summed E-state index contributed by atoms with van der Waals surface area (Å²) in [5, 5.41) is 2.79. The number of rotatable bonds is 4. The Kier molecular flexibility index (Phi) is 3.64. The summed E-state index contributed by atoms with van der Waals surface area (Å²) in [7, 11) is 0. The monoisotopic (exact) mass is 252 g/mol. The number of amides is 2. The lowest BCUT2D eigenvalue weighted by Gasteiger charge is -2.40. The SMILES string of the molecule is CCCC1CC1N1C(=O)C(C)NC(=O)C1C(C)C. The van der Waals surface area contributed by atoms with Gasteiger partial charge in [0.1, 0.15) is 12.1 Å². The van der Waals surface area contributed by atoms with Gasteiger partial charge in [0.2, 0.25) is 11.8 Å². The first-order chi connectivity index (χ1) is 8.47. The van der Waals surface area contributed by atoms with Crippen molar-refractivity contribution in [3.8, 4) is 0 Å². The van der Waals surface area contributed by atoms with Gasteiger partial charge in [-0.05, 0) is 31.6 Å². The molecule has 1 saturated carbocycles. The van der Waals surface area contributed by atoms with Crippen LogP contribution in [-0.2, 0) is 9.59 Å². The highest BCUT2D eigenvalue weighted by Gasteiger charge is 2.51. The first-order valence-corrected chi connectivity index (χ1v) is 7.09. The zero-order valence-electron chi connectivity index (χ0n) is 11.8. The third-order valence-electron chi connectivity index (χ3n) is 4.09. The molecule has 0 bridgehead atoms. The number of hydrogen-bond donors (Lipinski definition) is 1. The van der Waals surface area contributed by atoms with E-state index >= 15 is 0 Å². The van der Waals surface area contributed by atoms with Gasteiger partial charge in [0, 0.05) is 6.04 Å². The van der Waals surface area contributed by atoms with Gasteiger partial charge in [0.15, 0.2) is 0 Å². The summed E-state index contributed by atoms with van der Waals surface area (Å²) in [5.74, 6) is 0.888. The van der Waals surface area contributed by atoms with Gasteiger partial charge in [-0.25, -0.2) is 0 Å². The van der Waals surface area contributed by atoms with E-state index in [1.165, 1.54) is 0 Å². The molecule has 4 atom stereocenters. The van der Waals surface area contributed by atoms with Crippen molar-refractivity contribution in [2.75, 3.05) is 0 Å². The molecule has 2 rings (SSSR count). The van der Waals surface area contributed by atoms with Crippen LogP contribution in [0.5, 0.6) is 0 Å². The van der Waals surface area contributed by atoms with Crippen molar-refractivity contribution in [3.63, 3.8) is 0 Å². The number of nitrogens with zero attached hydrogens (tertiary/aromatic N) is 1. The summed E-state index contributed by atoms with van der Waals surface area (Å²) in [5.41, 5.74) is 0. The number of carbonyl (C=O) groups is 2. The molecule has 18 heavy (non-hydrogen) atoms. The van der Waals surface area contributed by atoms with Crippen LogP contribution in [-0.4, -0.2) is 34.8 Å². The molecule has 2 amide bonds. The van der Waals surface area contributed by atoms with Gasteiger partial charge in [-0.2, -0.15) is 0 Å². The molecule has 4 nitrogen and oxygen atoms in total. The number of nitrogens with one attached hydrogen (secondary N) is 1. The summed E-state index contributed by atoms with van der Waals surface area (Å²) in [6.45, 7) is 7.97. The highest BCUT2D eigenvalue weighted by molar-refractivity contribution is 5.97. The van der Waals surface area contributed by atoms with Gasteiger partial charge in [-0.3, -0.25) is 9.59 Å². The molecule has 4 heteroatoms. The minimum absolute atomic E-state index is 0.0132. The molecule has 0 spiro atoms. The normalized spacial score (nSPS) is 35.9. The first-order valence-electron chi connectivity index (χ1n) is 7.09. The maximum absolute atomic E-state index is 12.3. The Labute approximate surface area is 109 Å². The maximum Gasteiger partial charge on any atom is 0.245 e. The number of piperazine rings is 1. The minimum Gasteiger partial charge on any atom is -0.343 e. The summed E-state index contributed by atoms with van der Waals surface area (Å²) in [6.07, 6.45) is 3.38. The van der Waals surface area contributed by atoms with Crippen LogP contribution in [0.2, 0.25) is 0 Å². The van der Waals surface area contributed by atoms with E-state index in [4.69, 9.17) is 0 Å². The van der Waals surface area contributed by atoms with Crippen molar-refractivity contribution in [2.45, 2.75) is 65.1 Å². The van der Waals surface area contributed by atoms with Crippen LogP contribution in [0.3, 0.4) is 0 Å². The average molecular weight is 252 g/mol. The predicted molar refractivity (Wildman–Crippen MR) is 69.9 cm³/mol. The van der Waals surface area contributed by atoms with E-state index in [9.17, 15) is 9.59 Å². The Morgan fingerprint density at radius 3 is 2.61 bits per heavy atom. The second-order valence-electron chi connectivity index (χ2n) is 6.02. The standard InChI is InChI=1S/C14H24N2O2/c1-5-6-10-7-11(10)16-12(8(2)3)13(17)15-9(4)14(16)18/h8-12H,5-7H2,1-4H3,(H,15,17). The van der Waals surface area contributed by atoms with E-state index in [-0.39, 0.29) is 29.8 Å². The molecular formula is C14H24N2O2. The molecule has 1 saturated heterocycles. The van der Waals surface area contributed by atoms with E-state index in [0.29, 0.717) is 12.0 Å². The molecule has 1 N–H and O–H groups in total. The minimum atomic E-state index is -0.365. The van der Waals surface area contributed by atoms with Crippen molar-refractivity contribution in [3.05, 3.63) is 0 Å². The molecule has 2 fully saturated rings. The first kappa shape index (κ1) is 13.4. The molecule has 0 radical (unpaired) electrons. The fourth-order valence-corrected chi connectivity index (χ4v) is 3.09. The van der Waals surface area contributed by atoms with Gasteiger partial charge in [-0.1, -0.05) is 27.2 Å². The van der Waals surface area contributed by atoms with Gasteiger partial charge in [0.05, 0.1) is 0 Å². The summed E-state index contributed by atoms with van der Waals surface area (Å²) >= 11 is 0.